The van der Waals surface area contributed by atoms with Crippen molar-refractivity contribution < 1.29 is 9.90 Å². The van der Waals surface area contributed by atoms with Crippen molar-refractivity contribution in [3.05, 3.63) is 72.4 Å². The second kappa shape index (κ2) is 6.94. The number of hydrogen-bond acceptors (Lipinski definition) is 3. The zero-order valence-corrected chi connectivity index (χ0v) is 10.8. The zero-order chi connectivity index (χ0) is 14.2. The minimum Gasteiger partial charge on any atom is -0.464 e. The molecule has 0 radical (unpaired) electrons. The van der Waals surface area contributed by atoms with Gasteiger partial charge in [0.2, 0.25) is 0 Å². The average molecular weight is 269 g/mol. The van der Waals surface area contributed by atoms with Gasteiger partial charge in [0.1, 0.15) is 0 Å². The lowest BCUT2D eigenvalue weighted by Gasteiger charge is -2.09. The molecule has 5 heteroatoms. The maximum atomic E-state index is 11.2. The lowest BCUT2D eigenvalue weighted by Crippen LogP contribution is -2.12. The fourth-order valence-electron chi connectivity index (χ4n) is 1.65. The molecular formula is C15H15N3O2. The summed E-state index contributed by atoms with van der Waals surface area (Å²) in [5.41, 5.74) is 1.73. The normalized spacial score (nSPS) is 11.4. The molecule has 0 unspecified atom stereocenters. The Hall–Kier alpha value is -2.82. The highest BCUT2D eigenvalue weighted by Gasteiger charge is 2.03. The van der Waals surface area contributed by atoms with Crippen molar-refractivity contribution in [3.63, 3.8) is 0 Å². The molecule has 2 N–H and O–H groups in total. The van der Waals surface area contributed by atoms with Gasteiger partial charge in [-0.25, -0.2) is 4.79 Å². The van der Waals surface area contributed by atoms with Crippen LogP contribution in [0.4, 0.5) is 4.79 Å². The third-order valence-electron chi connectivity index (χ3n) is 2.64. The summed E-state index contributed by atoms with van der Waals surface area (Å²) in [7, 11) is 0. The minimum absolute atomic E-state index is 0.610. The Labute approximate surface area is 116 Å². The van der Waals surface area contributed by atoms with E-state index in [0.29, 0.717) is 6.54 Å². The summed E-state index contributed by atoms with van der Waals surface area (Å²) in [5.74, 6) is 0. The topological polar surface area (TPSA) is 67.1 Å². The monoisotopic (exact) mass is 269 g/mol. The van der Waals surface area contributed by atoms with E-state index >= 15 is 0 Å². The van der Waals surface area contributed by atoms with Crippen LogP contribution in [0.5, 0.6) is 0 Å². The molecule has 0 aromatic carbocycles. The third-order valence-corrected chi connectivity index (χ3v) is 2.64. The van der Waals surface area contributed by atoms with Gasteiger partial charge in [0.05, 0.1) is 0 Å². The first-order valence-corrected chi connectivity index (χ1v) is 6.13. The molecule has 1 aromatic heterocycles. The van der Waals surface area contributed by atoms with Crippen LogP contribution in [0.25, 0.3) is 6.08 Å². The van der Waals surface area contributed by atoms with Crippen LogP contribution in [0, 0.1) is 0 Å². The fraction of sp³-hybridized carbons (Fsp3) is 0.0667. The zero-order valence-electron chi connectivity index (χ0n) is 10.8. The van der Waals surface area contributed by atoms with Crippen molar-refractivity contribution in [2.24, 2.45) is 0 Å². The molecular weight excluding hydrogens is 254 g/mol. The van der Waals surface area contributed by atoms with Crippen molar-refractivity contribution >= 4 is 12.2 Å². The standard InChI is InChI=1S/C15H15N3O2/c19-15(20)18-9-5-3-1-2-4-7-16-10-14-11-17-8-6-13(14)12-18/h1-10,12,17H,11H2,(H,19,20). The van der Waals surface area contributed by atoms with Crippen LogP contribution < -0.4 is 5.32 Å². The molecule has 0 spiro atoms. The molecule has 0 atom stereocenters. The number of nitrogens with one attached hydrogen (secondary N) is 1. The van der Waals surface area contributed by atoms with Crippen molar-refractivity contribution in [2.75, 3.05) is 0 Å². The van der Waals surface area contributed by atoms with E-state index in [0.717, 1.165) is 15.7 Å². The Balaban J connectivity index is 2.70. The van der Waals surface area contributed by atoms with Gasteiger partial charge in [0.25, 0.3) is 0 Å². The van der Waals surface area contributed by atoms with Gasteiger partial charge in [-0.2, -0.15) is 0 Å². The second-order valence-electron chi connectivity index (χ2n) is 4.05. The van der Waals surface area contributed by atoms with Crippen LogP contribution >= 0.6 is 0 Å². The Bertz CT molecular complexity index is 633. The molecule has 0 fully saturated rings. The van der Waals surface area contributed by atoms with Gasteiger partial charge in [-0.3, -0.25) is 9.55 Å². The Morgan fingerprint density at radius 1 is 1.25 bits per heavy atom. The number of fused-ring (bicyclic) bond motifs is 1. The highest BCUT2D eigenvalue weighted by Crippen LogP contribution is 2.10. The van der Waals surface area contributed by atoms with Crippen LogP contribution in [-0.2, 0) is 6.54 Å². The van der Waals surface area contributed by atoms with Gasteiger partial charge in [-0.1, -0.05) is 18.2 Å². The maximum absolute atomic E-state index is 11.2. The van der Waals surface area contributed by atoms with E-state index in [1.807, 2.05) is 18.2 Å². The Morgan fingerprint density at radius 2 is 2.05 bits per heavy atom. The summed E-state index contributed by atoms with van der Waals surface area (Å²) in [6, 6.07) is 8.85. The number of aromatic nitrogens is 2. The number of carbonyl (C=O) groups is 1. The second-order valence-corrected chi connectivity index (χ2v) is 4.05. The number of carboxylic acid groups (broad SMARTS) is 1. The number of hydrogen-bond donors (Lipinski definition) is 2. The lowest BCUT2D eigenvalue weighted by molar-refractivity contribution is 0.196. The van der Waals surface area contributed by atoms with Crippen molar-refractivity contribution in [3.8, 4) is 0 Å². The van der Waals surface area contributed by atoms with Crippen molar-refractivity contribution in [1.29, 1.82) is 0 Å². The molecule has 0 saturated heterocycles. The molecule has 20 heavy (non-hydrogen) atoms. The molecule has 0 aliphatic carbocycles. The summed E-state index contributed by atoms with van der Waals surface area (Å²) in [5, 5.41) is 12.3. The van der Waals surface area contributed by atoms with E-state index in [2.05, 4.69) is 10.3 Å². The van der Waals surface area contributed by atoms with Crippen LogP contribution in [0.2, 0.25) is 0 Å². The Morgan fingerprint density at radius 3 is 2.90 bits per heavy atom. The van der Waals surface area contributed by atoms with E-state index in [9.17, 15) is 9.90 Å². The molecule has 5 nitrogen and oxygen atoms in total. The SMILES string of the molecule is O=C(O)n1cccccccncc2c(c1)C=CNC2. The molecule has 1 aromatic rings. The molecule has 1 aliphatic rings. The van der Waals surface area contributed by atoms with Crippen LogP contribution in [-0.4, -0.2) is 20.8 Å². The number of nitrogens with zero attached hydrogens (tertiary/aromatic N) is 2. The maximum Gasteiger partial charge on any atom is 0.415 e. The van der Waals surface area contributed by atoms with E-state index in [1.54, 1.807) is 43.0 Å². The van der Waals surface area contributed by atoms with Crippen LogP contribution in [0.3, 0.4) is 0 Å². The summed E-state index contributed by atoms with van der Waals surface area (Å²) in [6.07, 6.45) is 9.03. The Kier molecular flexibility index (Phi) is 4.72. The summed E-state index contributed by atoms with van der Waals surface area (Å²) in [6.45, 7) is 0.610. The van der Waals surface area contributed by atoms with Gasteiger partial charge < -0.3 is 10.4 Å². The van der Waals surface area contributed by atoms with E-state index < -0.39 is 6.09 Å². The highest BCUT2D eigenvalue weighted by atomic mass is 16.4. The molecule has 0 bridgehead atoms. The number of rotatable bonds is 0. The first-order chi connectivity index (χ1) is 9.77. The van der Waals surface area contributed by atoms with Gasteiger partial charge in [-0.05, 0) is 35.5 Å². The molecule has 1 aliphatic heterocycles. The molecule has 2 heterocycles. The lowest BCUT2D eigenvalue weighted by atomic mass is 10.1. The largest absolute Gasteiger partial charge is 0.464 e. The quantitative estimate of drug-likeness (QED) is 0.760. The molecule has 2 rings (SSSR count). The van der Waals surface area contributed by atoms with Gasteiger partial charge in [0.15, 0.2) is 0 Å². The van der Waals surface area contributed by atoms with E-state index in [-0.39, 0.29) is 0 Å². The van der Waals surface area contributed by atoms with Gasteiger partial charge in [0, 0.05) is 31.3 Å². The molecule has 0 saturated carbocycles. The van der Waals surface area contributed by atoms with Gasteiger partial charge in [-0.15, -0.1) is 0 Å². The highest BCUT2D eigenvalue weighted by molar-refractivity contribution is 5.68. The minimum atomic E-state index is -1.04. The fourth-order valence-corrected chi connectivity index (χ4v) is 1.65. The van der Waals surface area contributed by atoms with Crippen LogP contribution in [0.15, 0.2) is 61.3 Å². The van der Waals surface area contributed by atoms with Crippen molar-refractivity contribution in [2.45, 2.75) is 6.54 Å². The van der Waals surface area contributed by atoms with Gasteiger partial charge >= 0.3 is 6.09 Å². The predicted molar refractivity (Wildman–Crippen MR) is 76.8 cm³/mol. The third kappa shape index (κ3) is 3.84. The smallest absolute Gasteiger partial charge is 0.415 e. The molecule has 0 amide bonds. The first-order valence-electron chi connectivity index (χ1n) is 6.13. The van der Waals surface area contributed by atoms with Crippen molar-refractivity contribution in [1.82, 2.24) is 14.9 Å². The van der Waals surface area contributed by atoms with E-state index in [4.69, 9.17) is 0 Å². The van der Waals surface area contributed by atoms with Crippen LogP contribution in [0.1, 0.15) is 11.1 Å². The molecule has 102 valence electrons. The summed E-state index contributed by atoms with van der Waals surface area (Å²) in [4.78, 5) is 15.4. The predicted octanol–water partition coefficient (Wildman–Crippen LogP) is 2.73. The van der Waals surface area contributed by atoms with E-state index in [1.165, 1.54) is 6.20 Å². The average Bonchev–Trinajstić information content (AvgIpc) is 2.46. The summed E-state index contributed by atoms with van der Waals surface area (Å²) >= 11 is 0. The summed E-state index contributed by atoms with van der Waals surface area (Å²) < 4.78 is 1.12. The first kappa shape index (κ1) is 13.6.